The standard InChI is InChI=1S/C13H14O3/c14-9-11-7-4-8-12(11)16-13(15)10-5-2-1-3-6-10/h1-7,11-12,14H,8-9H2/t11-,12-/m1/s1. The van der Waals surface area contributed by atoms with Crippen molar-refractivity contribution in [1.29, 1.82) is 0 Å². The molecule has 1 aromatic rings. The summed E-state index contributed by atoms with van der Waals surface area (Å²) in [7, 11) is 0. The summed E-state index contributed by atoms with van der Waals surface area (Å²) in [4.78, 5) is 11.7. The third-order valence-electron chi connectivity index (χ3n) is 2.71. The fourth-order valence-electron chi connectivity index (χ4n) is 1.78. The average Bonchev–Trinajstić information content (AvgIpc) is 2.77. The number of carbonyl (C=O) groups is 1. The number of rotatable bonds is 3. The first-order valence-electron chi connectivity index (χ1n) is 5.35. The number of carbonyl (C=O) groups excluding carboxylic acids is 1. The van der Waals surface area contributed by atoms with E-state index in [0.29, 0.717) is 12.0 Å². The van der Waals surface area contributed by atoms with Gasteiger partial charge in [-0.1, -0.05) is 30.4 Å². The molecule has 0 bridgehead atoms. The molecule has 0 heterocycles. The quantitative estimate of drug-likeness (QED) is 0.621. The van der Waals surface area contributed by atoms with Gasteiger partial charge in [0, 0.05) is 12.3 Å². The Bertz CT molecular complexity index is 383. The third-order valence-corrected chi connectivity index (χ3v) is 2.71. The first kappa shape index (κ1) is 10.9. The normalized spacial score (nSPS) is 23.3. The molecule has 1 aliphatic rings. The minimum Gasteiger partial charge on any atom is -0.458 e. The molecule has 1 aromatic carbocycles. The molecule has 2 atom stereocenters. The zero-order valence-corrected chi connectivity index (χ0v) is 8.87. The second kappa shape index (κ2) is 4.94. The van der Waals surface area contributed by atoms with Crippen molar-refractivity contribution in [1.82, 2.24) is 0 Å². The number of aliphatic hydroxyl groups excluding tert-OH is 1. The van der Waals surface area contributed by atoms with Gasteiger partial charge in [-0.3, -0.25) is 0 Å². The molecule has 16 heavy (non-hydrogen) atoms. The Morgan fingerprint density at radius 1 is 1.38 bits per heavy atom. The summed E-state index contributed by atoms with van der Waals surface area (Å²) in [5.74, 6) is -0.389. The SMILES string of the molecule is O=C(O[C@@H]1CC=C[C@@H]1CO)c1ccccc1. The molecule has 84 valence electrons. The molecule has 0 radical (unpaired) electrons. The number of ether oxygens (including phenoxy) is 1. The van der Waals surface area contributed by atoms with E-state index in [9.17, 15) is 4.79 Å². The number of benzene rings is 1. The van der Waals surface area contributed by atoms with Gasteiger partial charge in [0.2, 0.25) is 0 Å². The smallest absolute Gasteiger partial charge is 0.338 e. The lowest BCUT2D eigenvalue weighted by Gasteiger charge is -2.17. The number of hydrogen-bond donors (Lipinski definition) is 1. The van der Waals surface area contributed by atoms with Gasteiger partial charge < -0.3 is 9.84 Å². The van der Waals surface area contributed by atoms with E-state index in [1.54, 1.807) is 24.3 Å². The molecule has 1 N–H and O–H groups in total. The molecule has 1 aliphatic carbocycles. The highest BCUT2D eigenvalue weighted by Crippen LogP contribution is 2.22. The van der Waals surface area contributed by atoms with Crippen LogP contribution in [0.3, 0.4) is 0 Å². The van der Waals surface area contributed by atoms with Gasteiger partial charge in [-0.15, -0.1) is 0 Å². The van der Waals surface area contributed by atoms with E-state index in [4.69, 9.17) is 9.84 Å². The summed E-state index contributed by atoms with van der Waals surface area (Å²) in [6.45, 7) is 0.0171. The van der Waals surface area contributed by atoms with Crippen LogP contribution in [0.5, 0.6) is 0 Å². The predicted octanol–water partition coefficient (Wildman–Crippen LogP) is 1.78. The molecule has 2 rings (SSSR count). The monoisotopic (exact) mass is 218 g/mol. The summed E-state index contributed by atoms with van der Waals surface area (Å²) < 4.78 is 5.34. The van der Waals surface area contributed by atoms with Crippen molar-refractivity contribution in [2.75, 3.05) is 6.61 Å². The molecular weight excluding hydrogens is 204 g/mol. The van der Waals surface area contributed by atoms with Crippen LogP contribution in [0.15, 0.2) is 42.5 Å². The van der Waals surface area contributed by atoms with Gasteiger partial charge in [0.05, 0.1) is 12.2 Å². The van der Waals surface area contributed by atoms with E-state index in [0.717, 1.165) is 0 Å². The van der Waals surface area contributed by atoms with Crippen LogP contribution in [0.25, 0.3) is 0 Å². The van der Waals surface area contributed by atoms with Crippen molar-refractivity contribution < 1.29 is 14.6 Å². The summed E-state index contributed by atoms with van der Waals surface area (Å²) in [5, 5.41) is 9.08. The Morgan fingerprint density at radius 2 is 2.12 bits per heavy atom. The van der Waals surface area contributed by atoms with E-state index in [1.807, 2.05) is 18.2 Å². The topological polar surface area (TPSA) is 46.5 Å². The van der Waals surface area contributed by atoms with E-state index in [-0.39, 0.29) is 24.6 Å². The van der Waals surface area contributed by atoms with Crippen molar-refractivity contribution in [3.63, 3.8) is 0 Å². The zero-order valence-electron chi connectivity index (χ0n) is 8.87. The summed E-state index contributed by atoms with van der Waals surface area (Å²) >= 11 is 0. The molecule has 0 aromatic heterocycles. The molecular formula is C13H14O3. The lowest BCUT2D eigenvalue weighted by Crippen LogP contribution is -2.24. The number of hydrogen-bond acceptors (Lipinski definition) is 3. The molecule has 0 saturated carbocycles. The maximum atomic E-state index is 11.7. The highest BCUT2D eigenvalue weighted by atomic mass is 16.5. The highest BCUT2D eigenvalue weighted by Gasteiger charge is 2.25. The lowest BCUT2D eigenvalue weighted by atomic mass is 10.1. The minimum absolute atomic E-state index is 0.0171. The van der Waals surface area contributed by atoms with Crippen LogP contribution in [-0.4, -0.2) is 23.8 Å². The number of aliphatic hydroxyl groups is 1. The first-order valence-corrected chi connectivity index (χ1v) is 5.35. The van der Waals surface area contributed by atoms with Gasteiger partial charge in [-0.05, 0) is 12.1 Å². The van der Waals surface area contributed by atoms with Crippen LogP contribution in [0.4, 0.5) is 0 Å². The van der Waals surface area contributed by atoms with Crippen LogP contribution in [0.1, 0.15) is 16.8 Å². The van der Waals surface area contributed by atoms with Crippen molar-refractivity contribution >= 4 is 5.97 Å². The fraction of sp³-hybridized carbons (Fsp3) is 0.308. The van der Waals surface area contributed by atoms with E-state index < -0.39 is 0 Å². The fourth-order valence-corrected chi connectivity index (χ4v) is 1.78. The Balaban J connectivity index is 1.98. The molecule has 0 unspecified atom stereocenters. The molecule has 0 amide bonds. The van der Waals surface area contributed by atoms with Crippen molar-refractivity contribution in [3.8, 4) is 0 Å². The summed E-state index contributed by atoms with van der Waals surface area (Å²) in [5.41, 5.74) is 0.547. The van der Waals surface area contributed by atoms with Gasteiger partial charge in [-0.25, -0.2) is 4.79 Å². The van der Waals surface area contributed by atoms with Crippen molar-refractivity contribution in [3.05, 3.63) is 48.0 Å². The van der Waals surface area contributed by atoms with E-state index in [1.165, 1.54) is 0 Å². The maximum absolute atomic E-state index is 11.7. The molecule has 0 spiro atoms. The van der Waals surface area contributed by atoms with Gasteiger partial charge in [0.15, 0.2) is 0 Å². The zero-order chi connectivity index (χ0) is 11.4. The number of esters is 1. The molecule has 0 fully saturated rings. The first-order chi connectivity index (χ1) is 7.81. The van der Waals surface area contributed by atoms with E-state index >= 15 is 0 Å². The van der Waals surface area contributed by atoms with E-state index in [2.05, 4.69) is 0 Å². The average molecular weight is 218 g/mol. The van der Waals surface area contributed by atoms with Gasteiger partial charge >= 0.3 is 5.97 Å². The largest absolute Gasteiger partial charge is 0.458 e. The van der Waals surface area contributed by atoms with Crippen molar-refractivity contribution in [2.24, 2.45) is 5.92 Å². The van der Waals surface area contributed by atoms with Gasteiger partial charge in [0.25, 0.3) is 0 Å². The molecule has 0 saturated heterocycles. The Morgan fingerprint density at radius 3 is 2.81 bits per heavy atom. The summed E-state index contributed by atoms with van der Waals surface area (Å²) in [6, 6.07) is 8.89. The Kier molecular flexibility index (Phi) is 3.37. The molecule has 3 heteroatoms. The van der Waals surface area contributed by atoms with Crippen LogP contribution in [0, 0.1) is 5.92 Å². The summed E-state index contributed by atoms with van der Waals surface area (Å²) in [6.07, 6.45) is 4.29. The third kappa shape index (κ3) is 2.31. The highest BCUT2D eigenvalue weighted by molar-refractivity contribution is 5.89. The van der Waals surface area contributed by atoms with Gasteiger partial charge in [0.1, 0.15) is 6.10 Å². The van der Waals surface area contributed by atoms with Gasteiger partial charge in [-0.2, -0.15) is 0 Å². The second-order valence-electron chi connectivity index (χ2n) is 3.82. The Labute approximate surface area is 94.4 Å². The van der Waals surface area contributed by atoms with Crippen LogP contribution < -0.4 is 0 Å². The van der Waals surface area contributed by atoms with Crippen LogP contribution in [0.2, 0.25) is 0 Å². The van der Waals surface area contributed by atoms with Crippen LogP contribution >= 0.6 is 0 Å². The lowest BCUT2D eigenvalue weighted by molar-refractivity contribution is 0.0168. The Hall–Kier alpha value is -1.61. The minimum atomic E-state index is -0.326. The van der Waals surface area contributed by atoms with Crippen LogP contribution in [-0.2, 0) is 4.74 Å². The maximum Gasteiger partial charge on any atom is 0.338 e. The molecule has 3 nitrogen and oxygen atoms in total. The second-order valence-corrected chi connectivity index (χ2v) is 3.82. The van der Waals surface area contributed by atoms with Crippen molar-refractivity contribution in [2.45, 2.75) is 12.5 Å². The molecule has 0 aliphatic heterocycles. The predicted molar refractivity (Wildman–Crippen MR) is 60.0 cm³/mol.